The molecule has 0 atom stereocenters. The van der Waals surface area contributed by atoms with Crippen LogP contribution in [0.25, 0.3) is 0 Å². The summed E-state index contributed by atoms with van der Waals surface area (Å²) in [5.41, 5.74) is 5.31. The van der Waals surface area contributed by atoms with Crippen molar-refractivity contribution >= 4 is 17.3 Å². The first-order valence-electron chi connectivity index (χ1n) is 6.19. The summed E-state index contributed by atoms with van der Waals surface area (Å²) in [6.07, 6.45) is 1.66. The first kappa shape index (κ1) is 14.9. The number of benzene rings is 1. The zero-order chi connectivity index (χ0) is 14.6. The second-order valence-corrected chi connectivity index (χ2v) is 4.75. The molecule has 19 heavy (non-hydrogen) atoms. The van der Waals surface area contributed by atoms with Gasteiger partial charge in [-0.3, -0.25) is 14.9 Å². The van der Waals surface area contributed by atoms with Crippen LogP contribution < -0.4 is 11.1 Å². The third-order valence-corrected chi connectivity index (χ3v) is 3.48. The Bertz CT molecular complexity index is 496. The molecule has 1 aromatic carbocycles. The smallest absolute Gasteiger partial charge is 0.293 e. The molecule has 104 valence electrons. The normalized spacial score (nSPS) is 11.1. The van der Waals surface area contributed by atoms with Gasteiger partial charge in [-0.25, -0.2) is 0 Å². The number of nitrogens with zero attached hydrogens (tertiary/aromatic N) is 1. The highest BCUT2D eigenvalue weighted by atomic mass is 16.6. The van der Waals surface area contributed by atoms with Crippen molar-refractivity contribution in [2.24, 2.45) is 5.73 Å². The quantitative estimate of drug-likeness (QED) is 0.610. The van der Waals surface area contributed by atoms with Gasteiger partial charge in [0.05, 0.1) is 4.92 Å². The van der Waals surface area contributed by atoms with E-state index in [1.54, 1.807) is 0 Å². The van der Waals surface area contributed by atoms with Crippen LogP contribution in [0.2, 0.25) is 0 Å². The second kappa shape index (κ2) is 5.69. The van der Waals surface area contributed by atoms with Crippen LogP contribution in [0.5, 0.6) is 0 Å². The standard InChI is InChI=1S/C13H19N3O3/c1-4-13(3,5-2)15-10-7-6-9(12(14)17)8-11(10)16(18)19/h6-8,15H,4-5H2,1-3H3,(H2,14,17). The van der Waals surface area contributed by atoms with Gasteiger partial charge in [-0.15, -0.1) is 0 Å². The highest BCUT2D eigenvalue weighted by Crippen LogP contribution is 2.30. The number of carbonyl (C=O) groups excluding carboxylic acids is 1. The van der Waals surface area contributed by atoms with Crippen molar-refractivity contribution in [3.63, 3.8) is 0 Å². The topological polar surface area (TPSA) is 98.3 Å². The Labute approximate surface area is 112 Å². The molecule has 0 saturated heterocycles. The van der Waals surface area contributed by atoms with E-state index in [4.69, 9.17) is 5.73 Å². The van der Waals surface area contributed by atoms with Crippen LogP contribution in [0.1, 0.15) is 44.0 Å². The minimum atomic E-state index is -0.677. The summed E-state index contributed by atoms with van der Waals surface area (Å²) in [5.74, 6) is -0.677. The van der Waals surface area contributed by atoms with E-state index >= 15 is 0 Å². The van der Waals surface area contributed by atoms with E-state index in [1.807, 2.05) is 20.8 Å². The van der Waals surface area contributed by atoms with Gasteiger partial charge >= 0.3 is 0 Å². The lowest BCUT2D eigenvalue weighted by Crippen LogP contribution is -2.33. The van der Waals surface area contributed by atoms with Gasteiger partial charge in [0, 0.05) is 17.2 Å². The van der Waals surface area contributed by atoms with Crippen molar-refractivity contribution < 1.29 is 9.72 Å². The molecule has 0 saturated carbocycles. The maximum absolute atomic E-state index is 11.1. The number of nitrogens with one attached hydrogen (secondary N) is 1. The molecule has 6 nitrogen and oxygen atoms in total. The van der Waals surface area contributed by atoms with Crippen LogP contribution in [0.4, 0.5) is 11.4 Å². The van der Waals surface area contributed by atoms with Gasteiger partial charge in [0.1, 0.15) is 5.69 Å². The Balaban J connectivity index is 3.21. The highest BCUT2D eigenvalue weighted by molar-refractivity contribution is 5.94. The van der Waals surface area contributed by atoms with Crippen LogP contribution in [0.3, 0.4) is 0 Å². The Kier molecular flexibility index (Phi) is 4.47. The Morgan fingerprint density at radius 3 is 2.42 bits per heavy atom. The molecule has 0 aliphatic rings. The van der Waals surface area contributed by atoms with Crippen LogP contribution in [-0.4, -0.2) is 16.4 Å². The number of anilines is 1. The number of nitro groups is 1. The fraction of sp³-hybridized carbons (Fsp3) is 0.462. The van der Waals surface area contributed by atoms with Crippen LogP contribution >= 0.6 is 0 Å². The number of hydrogen-bond acceptors (Lipinski definition) is 4. The maximum Gasteiger partial charge on any atom is 0.293 e. The molecule has 0 spiro atoms. The summed E-state index contributed by atoms with van der Waals surface area (Å²) in [6.45, 7) is 6.03. The SMILES string of the molecule is CCC(C)(CC)Nc1ccc(C(N)=O)cc1[N+](=O)[O-]. The number of carbonyl (C=O) groups is 1. The Morgan fingerprint density at radius 2 is 2.00 bits per heavy atom. The van der Waals surface area contributed by atoms with Crippen LogP contribution in [0, 0.1) is 10.1 Å². The predicted octanol–water partition coefficient (Wildman–Crippen LogP) is 2.68. The van der Waals surface area contributed by atoms with Gasteiger partial charge in [-0.1, -0.05) is 13.8 Å². The minimum Gasteiger partial charge on any atom is -0.374 e. The molecule has 1 aromatic rings. The third-order valence-electron chi connectivity index (χ3n) is 3.48. The van der Waals surface area contributed by atoms with E-state index in [1.165, 1.54) is 18.2 Å². The summed E-state index contributed by atoms with van der Waals surface area (Å²) in [4.78, 5) is 21.6. The lowest BCUT2D eigenvalue weighted by atomic mass is 9.95. The van der Waals surface area contributed by atoms with Gasteiger partial charge in [0.2, 0.25) is 5.91 Å². The number of hydrogen-bond donors (Lipinski definition) is 2. The average molecular weight is 265 g/mol. The fourth-order valence-electron chi connectivity index (χ4n) is 1.69. The summed E-state index contributed by atoms with van der Waals surface area (Å²) in [6, 6.07) is 4.22. The number of amides is 1. The monoisotopic (exact) mass is 265 g/mol. The number of nitro benzene ring substituents is 1. The molecule has 0 aliphatic carbocycles. The molecule has 0 unspecified atom stereocenters. The summed E-state index contributed by atoms with van der Waals surface area (Å²) in [7, 11) is 0. The van der Waals surface area contributed by atoms with E-state index in [2.05, 4.69) is 5.32 Å². The van der Waals surface area contributed by atoms with Crippen molar-refractivity contribution in [1.82, 2.24) is 0 Å². The molecule has 0 radical (unpaired) electrons. The highest BCUT2D eigenvalue weighted by Gasteiger charge is 2.24. The van der Waals surface area contributed by atoms with Crippen molar-refractivity contribution in [3.05, 3.63) is 33.9 Å². The van der Waals surface area contributed by atoms with Crippen molar-refractivity contribution in [1.29, 1.82) is 0 Å². The first-order valence-corrected chi connectivity index (χ1v) is 6.19. The summed E-state index contributed by atoms with van der Waals surface area (Å²) in [5, 5.41) is 14.2. The van der Waals surface area contributed by atoms with E-state index in [0.29, 0.717) is 5.69 Å². The molecule has 1 rings (SSSR count). The van der Waals surface area contributed by atoms with E-state index in [0.717, 1.165) is 12.8 Å². The fourth-order valence-corrected chi connectivity index (χ4v) is 1.69. The molecule has 0 fully saturated rings. The van der Waals surface area contributed by atoms with Crippen molar-refractivity contribution in [2.45, 2.75) is 39.2 Å². The second-order valence-electron chi connectivity index (χ2n) is 4.75. The molecule has 0 bridgehead atoms. The lowest BCUT2D eigenvalue weighted by molar-refractivity contribution is -0.384. The van der Waals surface area contributed by atoms with E-state index in [-0.39, 0.29) is 16.8 Å². The molecule has 1 amide bonds. The molecular weight excluding hydrogens is 246 g/mol. The molecule has 6 heteroatoms. The van der Waals surface area contributed by atoms with Crippen molar-refractivity contribution in [2.75, 3.05) is 5.32 Å². The number of primary amides is 1. The predicted molar refractivity (Wildman–Crippen MR) is 74.2 cm³/mol. The number of nitrogens with two attached hydrogens (primary N) is 1. The summed E-state index contributed by atoms with van der Waals surface area (Å²) >= 11 is 0. The average Bonchev–Trinajstić information content (AvgIpc) is 2.38. The Hall–Kier alpha value is -2.11. The van der Waals surface area contributed by atoms with E-state index < -0.39 is 10.8 Å². The molecule has 0 heterocycles. The lowest BCUT2D eigenvalue weighted by Gasteiger charge is -2.29. The van der Waals surface area contributed by atoms with Gasteiger partial charge in [-0.2, -0.15) is 0 Å². The molecule has 0 aliphatic heterocycles. The maximum atomic E-state index is 11.1. The molecular formula is C13H19N3O3. The van der Waals surface area contributed by atoms with E-state index in [9.17, 15) is 14.9 Å². The zero-order valence-corrected chi connectivity index (χ0v) is 11.4. The van der Waals surface area contributed by atoms with Gasteiger partial charge in [0.25, 0.3) is 5.69 Å². The Morgan fingerprint density at radius 1 is 1.42 bits per heavy atom. The van der Waals surface area contributed by atoms with Gasteiger partial charge in [0.15, 0.2) is 0 Å². The van der Waals surface area contributed by atoms with Crippen LogP contribution in [0.15, 0.2) is 18.2 Å². The van der Waals surface area contributed by atoms with Crippen LogP contribution in [-0.2, 0) is 0 Å². The van der Waals surface area contributed by atoms with Gasteiger partial charge < -0.3 is 11.1 Å². The largest absolute Gasteiger partial charge is 0.374 e. The molecule has 3 N–H and O–H groups in total. The third kappa shape index (κ3) is 3.43. The molecule has 0 aromatic heterocycles. The minimum absolute atomic E-state index is 0.131. The van der Waals surface area contributed by atoms with Gasteiger partial charge in [-0.05, 0) is 31.9 Å². The van der Waals surface area contributed by atoms with Crippen molar-refractivity contribution in [3.8, 4) is 0 Å². The number of rotatable bonds is 6. The first-order chi connectivity index (χ1) is 8.83. The summed E-state index contributed by atoms with van der Waals surface area (Å²) < 4.78 is 0. The zero-order valence-electron chi connectivity index (χ0n) is 11.4.